The Bertz CT molecular complexity index is 861. The zero-order chi connectivity index (χ0) is 18.6. The summed E-state index contributed by atoms with van der Waals surface area (Å²) in [5.74, 6) is 2.89. The molecule has 1 aliphatic heterocycles. The fraction of sp³-hybridized carbons (Fsp3) is 0.526. The van der Waals surface area contributed by atoms with E-state index in [0.717, 1.165) is 48.2 Å². The van der Waals surface area contributed by atoms with Crippen molar-refractivity contribution in [2.45, 2.75) is 39.2 Å². The van der Waals surface area contributed by atoms with Gasteiger partial charge in [0.1, 0.15) is 11.6 Å². The minimum Gasteiger partial charge on any atom is -0.370 e. The second-order valence-electron chi connectivity index (χ2n) is 7.53. The third-order valence-electron chi connectivity index (χ3n) is 5.17. The lowest BCUT2D eigenvalue weighted by Crippen LogP contribution is -2.31. The minimum atomic E-state index is 0.370. The van der Waals surface area contributed by atoms with Crippen LogP contribution >= 0.6 is 0 Å². The molecule has 4 N–H and O–H groups in total. The predicted molar refractivity (Wildman–Crippen MR) is 107 cm³/mol. The highest BCUT2D eigenvalue weighted by atomic mass is 15.3. The van der Waals surface area contributed by atoms with Gasteiger partial charge >= 0.3 is 0 Å². The zero-order valence-electron chi connectivity index (χ0n) is 16.0. The number of rotatable bonds is 7. The molecule has 0 saturated carbocycles. The van der Waals surface area contributed by atoms with Crippen LogP contribution in [-0.2, 0) is 6.54 Å². The molecule has 0 amide bonds. The Hall–Kier alpha value is -2.61. The lowest BCUT2D eigenvalue weighted by atomic mass is 9.98. The molecule has 3 aromatic heterocycles. The number of H-pyrrole nitrogens is 1. The molecular weight excluding hydrogens is 340 g/mol. The van der Waals surface area contributed by atoms with Crippen LogP contribution in [0.1, 0.15) is 43.9 Å². The Balaban J connectivity index is 1.58. The van der Waals surface area contributed by atoms with Crippen LogP contribution in [0.4, 0.5) is 11.6 Å². The number of hydrogen-bond acceptors (Lipinski definition) is 6. The first-order valence-electron chi connectivity index (χ1n) is 9.76. The van der Waals surface area contributed by atoms with E-state index in [2.05, 4.69) is 45.1 Å². The molecular formula is C19H28N8. The van der Waals surface area contributed by atoms with Crippen LogP contribution in [0.3, 0.4) is 0 Å². The summed E-state index contributed by atoms with van der Waals surface area (Å²) in [6.07, 6.45) is 6.11. The average Bonchev–Trinajstić information content (AvgIpc) is 3.35. The van der Waals surface area contributed by atoms with E-state index in [0.29, 0.717) is 18.4 Å². The van der Waals surface area contributed by atoms with E-state index in [4.69, 9.17) is 4.98 Å². The van der Waals surface area contributed by atoms with Gasteiger partial charge < -0.3 is 16.0 Å². The lowest BCUT2D eigenvalue weighted by Gasteiger charge is -2.23. The lowest BCUT2D eigenvalue weighted by molar-refractivity contribution is 0.389. The molecule has 0 radical (unpaired) electrons. The maximum atomic E-state index is 4.86. The second-order valence-corrected chi connectivity index (χ2v) is 7.53. The zero-order valence-corrected chi connectivity index (χ0v) is 16.0. The molecule has 27 heavy (non-hydrogen) atoms. The van der Waals surface area contributed by atoms with Crippen LogP contribution in [0.15, 0.2) is 24.5 Å². The van der Waals surface area contributed by atoms with Gasteiger partial charge in [-0.15, -0.1) is 0 Å². The topological polar surface area (TPSA) is 95.0 Å². The van der Waals surface area contributed by atoms with Crippen molar-refractivity contribution in [2.24, 2.45) is 5.92 Å². The van der Waals surface area contributed by atoms with Crippen LogP contribution in [0.25, 0.3) is 5.65 Å². The van der Waals surface area contributed by atoms with E-state index < -0.39 is 0 Å². The number of aromatic amines is 1. The van der Waals surface area contributed by atoms with Crippen molar-refractivity contribution in [3.63, 3.8) is 0 Å². The van der Waals surface area contributed by atoms with Crippen LogP contribution < -0.4 is 16.0 Å². The highest BCUT2D eigenvalue weighted by Crippen LogP contribution is 2.24. The van der Waals surface area contributed by atoms with Gasteiger partial charge in [-0.3, -0.25) is 5.10 Å². The quantitative estimate of drug-likeness (QED) is 0.512. The highest BCUT2D eigenvalue weighted by Gasteiger charge is 2.16. The summed E-state index contributed by atoms with van der Waals surface area (Å²) in [7, 11) is 0. The number of fused-ring (bicyclic) bond motifs is 1. The van der Waals surface area contributed by atoms with Crippen LogP contribution in [0.5, 0.6) is 0 Å². The van der Waals surface area contributed by atoms with Gasteiger partial charge in [0.15, 0.2) is 5.65 Å². The van der Waals surface area contributed by atoms with E-state index in [1.165, 1.54) is 12.8 Å². The average molecular weight is 368 g/mol. The Morgan fingerprint density at radius 1 is 1.26 bits per heavy atom. The van der Waals surface area contributed by atoms with E-state index in [9.17, 15) is 0 Å². The van der Waals surface area contributed by atoms with Crippen LogP contribution in [-0.4, -0.2) is 44.4 Å². The van der Waals surface area contributed by atoms with E-state index >= 15 is 0 Å². The van der Waals surface area contributed by atoms with Crippen molar-refractivity contribution in [3.05, 3.63) is 35.8 Å². The number of anilines is 2. The summed E-state index contributed by atoms with van der Waals surface area (Å²) < 4.78 is 1.89. The van der Waals surface area contributed by atoms with Gasteiger partial charge in [0.05, 0.1) is 18.4 Å². The molecule has 0 spiro atoms. The Kier molecular flexibility index (Phi) is 5.24. The monoisotopic (exact) mass is 368 g/mol. The highest BCUT2D eigenvalue weighted by molar-refractivity contribution is 5.61. The Labute approximate surface area is 159 Å². The van der Waals surface area contributed by atoms with Gasteiger partial charge in [0, 0.05) is 24.4 Å². The van der Waals surface area contributed by atoms with Crippen molar-refractivity contribution in [1.29, 1.82) is 0 Å². The fourth-order valence-corrected chi connectivity index (χ4v) is 3.51. The number of hydrogen-bond donors (Lipinski definition) is 4. The van der Waals surface area contributed by atoms with Crippen LogP contribution in [0, 0.1) is 5.92 Å². The van der Waals surface area contributed by atoms with Crippen molar-refractivity contribution in [2.75, 3.05) is 30.3 Å². The van der Waals surface area contributed by atoms with Crippen molar-refractivity contribution < 1.29 is 0 Å². The molecule has 1 aliphatic rings. The van der Waals surface area contributed by atoms with Gasteiger partial charge in [-0.2, -0.15) is 14.7 Å². The van der Waals surface area contributed by atoms with E-state index in [-0.39, 0.29) is 0 Å². The largest absolute Gasteiger partial charge is 0.370 e. The first-order chi connectivity index (χ1) is 13.2. The van der Waals surface area contributed by atoms with Crippen molar-refractivity contribution >= 4 is 17.3 Å². The number of nitrogens with zero attached hydrogens (tertiary/aromatic N) is 4. The summed E-state index contributed by atoms with van der Waals surface area (Å²) in [4.78, 5) is 4.86. The molecule has 1 saturated heterocycles. The van der Waals surface area contributed by atoms with E-state index in [1.54, 1.807) is 6.20 Å². The Morgan fingerprint density at radius 2 is 2.11 bits per heavy atom. The first-order valence-corrected chi connectivity index (χ1v) is 9.76. The molecule has 0 aliphatic carbocycles. The predicted octanol–water partition coefficient (Wildman–Crippen LogP) is 2.60. The molecule has 8 heteroatoms. The molecule has 0 unspecified atom stereocenters. The summed E-state index contributed by atoms with van der Waals surface area (Å²) >= 11 is 0. The fourth-order valence-electron chi connectivity index (χ4n) is 3.51. The van der Waals surface area contributed by atoms with Crippen molar-refractivity contribution in [1.82, 2.24) is 30.1 Å². The van der Waals surface area contributed by atoms with Gasteiger partial charge in [0.2, 0.25) is 0 Å². The molecule has 0 bridgehead atoms. The molecule has 0 aromatic carbocycles. The number of aromatic nitrogens is 5. The normalized spacial score (nSPS) is 15.5. The van der Waals surface area contributed by atoms with Crippen LogP contribution in [0.2, 0.25) is 0 Å². The Morgan fingerprint density at radius 3 is 2.85 bits per heavy atom. The molecule has 144 valence electrons. The van der Waals surface area contributed by atoms with E-state index in [1.807, 2.05) is 22.8 Å². The third-order valence-corrected chi connectivity index (χ3v) is 5.17. The molecule has 3 aromatic rings. The maximum Gasteiger partial charge on any atom is 0.163 e. The standard InChI is InChI=1S/C19H28N8/c1-13(2)16-12-24-27-18(22-11-15-5-8-23-26-15)9-17(25-19(16)27)21-10-14-3-6-20-7-4-14/h5,8-9,12-14,20,22H,3-4,6-7,10-11H2,1-2H3,(H,21,25)(H,23,26). The summed E-state index contributed by atoms with van der Waals surface area (Å²) in [5, 5.41) is 22.0. The molecule has 8 nitrogen and oxygen atoms in total. The SMILES string of the molecule is CC(C)c1cnn2c(NCc3ccn[nH]3)cc(NCC3CCNCC3)nc12. The molecule has 0 atom stereocenters. The van der Waals surface area contributed by atoms with Gasteiger partial charge in [0.25, 0.3) is 0 Å². The van der Waals surface area contributed by atoms with Crippen molar-refractivity contribution in [3.8, 4) is 0 Å². The number of nitrogens with one attached hydrogen (secondary N) is 4. The second kappa shape index (κ2) is 7.96. The third kappa shape index (κ3) is 4.05. The molecule has 1 fully saturated rings. The molecule has 4 heterocycles. The first kappa shape index (κ1) is 17.8. The summed E-state index contributed by atoms with van der Waals surface area (Å²) in [5.41, 5.74) is 3.10. The number of piperidine rings is 1. The maximum absolute atomic E-state index is 4.86. The molecule has 4 rings (SSSR count). The summed E-state index contributed by atoms with van der Waals surface area (Å²) in [6, 6.07) is 4.01. The van der Waals surface area contributed by atoms with Gasteiger partial charge in [-0.05, 0) is 43.8 Å². The summed E-state index contributed by atoms with van der Waals surface area (Å²) in [6.45, 7) is 8.17. The minimum absolute atomic E-state index is 0.370. The van der Waals surface area contributed by atoms with Gasteiger partial charge in [-0.1, -0.05) is 13.8 Å². The van der Waals surface area contributed by atoms with Gasteiger partial charge in [-0.25, -0.2) is 4.98 Å². The smallest absolute Gasteiger partial charge is 0.163 e.